The topological polar surface area (TPSA) is 56.1 Å². The van der Waals surface area contributed by atoms with E-state index in [0.717, 1.165) is 32.6 Å². The van der Waals surface area contributed by atoms with E-state index in [1.807, 2.05) is 60.3 Å². The molecule has 0 radical (unpaired) electrons. The van der Waals surface area contributed by atoms with Crippen LogP contribution in [0.5, 0.6) is 5.75 Å². The fraction of sp³-hybridized carbons (Fsp3) is 0.200. The number of hydrogen-bond donors (Lipinski definition) is 1. The van der Waals surface area contributed by atoms with E-state index in [-0.39, 0.29) is 5.91 Å². The smallest absolute Gasteiger partial charge is 0.266 e. The summed E-state index contributed by atoms with van der Waals surface area (Å²) in [4.78, 5) is 13.3. The van der Waals surface area contributed by atoms with Crippen molar-refractivity contribution in [1.29, 1.82) is 0 Å². The number of benzene rings is 2. The Morgan fingerprint density at radius 3 is 2.59 bits per heavy atom. The normalized spacial score (nSPS) is 10.9. The molecule has 0 atom stereocenters. The van der Waals surface area contributed by atoms with Crippen molar-refractivity contribution < 1.29 is 9.53 Å². The minimum Gasteiger partial charge on any atom is -0.489 e. The molecule has 0 aliphatic rings. The number of carbonyl (C=O) groups excluding carboxylic acids is 1. The molecule has 2 aromatic heterocycles. The van der Waals surface area contributed by atoms with Gasteiger partial charge in [-0.3, -0.25) is 9.48 Å². The maximum absolute atomic E-state index is 12.7. The molecule has 1 amide bonds. The number of carbonyl (C=O) groups is 1. The molecule has 4 aromatic rings. The highest BCUT2D eigenvalue weighted by Gasteiger charge is 2.13. The predicted octanol–water partition coefficient (Wildman–Crippen LogP) is 6.51. The van der Waals surface area contributed by atoms with Gasteiger partial charge in [-0.25, -0.2) is 0 Å². The maximum Gasteiger partial charge on any atom is 0.266 e. The van der Waals surface area contributed by atoms with Gasteiger partial charge in [-0.05, 0) is 61.5 Å². The number of rotatable bonds is 7. The van der Waals surface area contributed by atoms with E-state index in [0.29, 0.717) is 23.8 Å². The van der Waals surface area contributed by atoms with Gasteiger partial charge in [0.2, 0.25) is 0 Å². The number of nitrogens with zero attached hydrogens (tertiary/aromatic N) is 2. The summed E-state index contributed by atoms with van der Waals surface area (Å²) in [6, 6.07) is 18.0. The fourth-order valence-corrected chi connectivity index (χ4v) is 4.42. The zero-order chi connectivity index (χ0) is 22.7. The van der Waals surface area contributed by atoms with Crippen molar-refractivity contribution in [2.24, 2.45) is 0 Å². The minimum absolute atomic E-state index is 0.166. The van der Waals surface area contributed by atoms with E-state index in [1.54, 1.807) is 0 Å². The molecule has 2 aromatic carbocycles. The first-order valence-corrected chi connectivity index (χ1v) is 11.9. The van der Waals surface area contributed by atoms with Crippen molar-refractivity contribution in [1.82, 2.24) is 9.78 Å². The van der Waals surface area contributed by atoms with Crippen LogP contribution in [0.4, 0.5) is 5.82 Å². The number of halogens is 1. The zero-order valence-electron chi connectivity index (χ0n) is 18.2. The van der Waals surface area contributed by atoms with Gasteiger partial charge in [0.1, 0.15) is 12.4 Å². The number of hydrogen-bond acceptors (Lipinski definition) is 4. The van der Waals surface area contributed by atoms with E-state index in [9.17, 15) is 4.79 Å². The average molecular weight is 510 g/mol. The van der Waals surface area contributed by atoms with Crippen LogP contribution in [-0.4, -0.2) is 15.7 Å². The van der Waals surface area contributed by atoms with Gasteiger partial charge in [0, 0.05) is 21.8 Å². The lowest BCUT2D eigenvalue weighted by Gasteiger charge is -2.08. The molecular weight excluding hydrogens is 486 g/mol. The maximum atomic E-state index is 12.7. The van der Waals surface area contributed by atoms with Crippen LogP contribution in [0.1, 0.15) is 37.6 Å². The van der Waals surface area contributed by atoms with Gasteiger partial charge in [-0.2, -0.15) is 5.10 Å². The predicted molar refractivity (Wildman–Crippen MR) is 133 cm³/mol. The molecule has 164 valence electrons. The highest BCUT2D eigenvalue weighted by atomic mass is 79.9. The quantitative estimate of drug-likeness (QED) is 0.308. The molecule has 2 heterocycles. The molecule has 0 aliphatic carbocycles. The van der Waals surface area contributed by atoms with Gasteiger partial charge in [0.25, 0.3) is 5.91 Å². The largest absolute Gasteiger partial charge is 0.489 e. The second-order valence-electron chi connectivity index (χ2n) is 7.79. The molecule has 5 nitrogen and oxygen atoms in total. The first kappa shape index (κ1) is 22.3. The van der Waals surface area contributed by atoms with E-state index < -0.39 is 0 Å². The van der Waals surface area contributed by atoms with Crippen LogP contribution in [0, 0.1) is 20.8 Å². The summed E-state index contributed by atoms with van der Waals surface area (Å²) in [6.45, 7) is 7.15. The number of anilines is 1. The third kappa shape index (κ3) is 5.47. The van der Waals surface area contributed by atoms with Crippen molar-refractivity contribution in [3.8, 4) is 5.75 Å². The number of amides is 1. The van der Waals surface area contributed by atoms with Crippen LogP contribution < -0.4 is 10.1 Å². The van der Waals surface area contributed by atoms with Crippen molar-refractivity contribution in [2.75, 3.05) is 5.32 Å². The van der Waals surface area contributed by atoms with Crippen LogP contribution >= 0.6 is 27.3 Å². The zero-order valence-corrected chi connectivity index (χ0v) is 20.6. The van der Waals surface area contributed by atoms with Crippen molar-refractivity contribution in [2.45, 2.75) is 33.9 Å². The first-order valence-electron chi connectivity index (χ1n) is 10.2. The van der Waals surface area contributed by atoms with Crippen molar-refractivity contribution in [3.05, 3.63) is 97.3 Å². The molecule has 32 heavy (non-hydrogen) atoms. The molecule has 0 fully saturated rings. The average Bonchev–Trinajstić information content (AvgIpc) is 3.36. The van der Waals surface area contributed by atoms with E-state index in [4.69, 9.17) is 4.74 Å². The fourth-order valence-electron chi connectivity index (χ4n) is 3.36. The summed E-state index contributed by atoms with van der Waals surface area (Å²) in [6.07, 6.45) is 0. The van der Waals surface area contributed by atoms with Gasteiger partial charge < -0.3 is 10.1 Å². The Hall–Kier alpha value is -2.90. The van der Waals surface area contributed by atoms with E-state index in [1.165, 1.54) is 16.9 Å². The van der Waals surface area contributed by atoms with Gasteiger partial charge in [-0.15, -0.1) is 11.3 Å². The molecule has 1 N–H and O–H groups in total. The Bertz CT molecular complexity index is 1240. The molecule has 0 bridgehead atoms. The Morgan fingerprint density at radius 2 is 1.84 bits per heavy atom. The summed E-state index contributed by atoms with van der Waals surface area (Å²) in [7, 11) is 0. The Balaban J connectivity index is 1.37. The number of aromatic nitrogens is 2. The highest BCUT2D eigenvalue weighted by Crippen LogP contribution is 2.23. The molecule has 0 spiro atoms. The van der Waals surface area contributed by atoms with Gasteiger partial charge in [0.15, 0.2) is 5.82 Å². The first-order chi connectivity index (χ1) is 15.4. The lowest BCUT2D eigenvalue weighted by atomic mass is 10.1. The van der Waals surface area contributed by atoms with E-state index in [2.05, 4.69) is 51.5 Å². The molecular formula is C25H24BrN3O2S. The van der Waals surface area contributed by atoms with Gasteiger partial charge in [-0.1, -0.05) is 45.8 Å². The van der Waals surface area contributed by atoms with Crippen molar-refractivity contribution in [3.63, 3.8) is 0 Å². The molecule has 7 heteroatoms. The minimum atomic E-state index is -0.166. The lowest BCUT2D eigenvalue weighted by Crippen LogP contribution is -2.11. The van der Waals surface area contributed by atoms with Gasteiger partial charge in [0.05, 0.1) is 11.4 Å². The molecule has 0 saturated heterocycles. The van der Waals surface area contributed by atoms with Crippen molar-refractivity contribution >= 4 is 39.0 Å². The lowest BCUT2D eigenvalue weighted by molar-refractivity contribution is 0.103. The number of ether oxygens (including phenoxy) is 1. The number of aryl methyl sites for hydroxylation is 3. The third-order valence-electron chi connectivity index (χ3n) is 5.07. The highest BCUT2D eigenvalue weighted by molar-refractivity contribution is 9.10. The standard InChI is InChI=1S/C25H24BrN3O2S/c1-16-4-9-22(17(2)10-16)31-14-20-12-23(32-15-20)25(30)27-24-11-18(3)29(28-24)13-19-5-7-21(26)8-6-19/h4-12,15H,13-14H2,1-3H3,(H,27,28,30). The summed E-state index contributed by atoms with van der Waals surface area (Å²) in [5.41, 5.74) is 5.41. The van der Waals surface area contributed by atoms with Crippen LogP contribution in [0.2, 0.25) is 0 Å². The van der Waals surface area contributed by atoms with Crippen LogP contribution in [-0.2, 0) is 13.2 Å². The molecule has 0 unspecified atom stereocenters. The van der Waals surface area contributed by atoms with Crippen LogP contribution in [0.3, 0.4) is 0 Å². The Kier molecular flexibility index (Phi) is 6.77. The number of thiophene rings is 1. The third-order valence-corrected chi connectivity index (χ3v) is 6.58. The summed E-state index contributed by atoms with van der Waals surface area (Å²) in [5.74, 6) is 1.24. The Morgan fingerprint density at radius 1 is 1.06 bits per heavy atom. The molecule has 0 aliphatic heterocycles. The van der Waals surface area contributed by atoms with Gasteiger partial charge >= 0.3 is 0 Å². The monoisotopic (exact) mass is 509 g/mol. The summed E-state index contributed by atoms with van der Waals surface area (Å²) < 4.78 is 8.86. The second-order valence-corrected chi connectivity index (χ2v) is 9.61. The Labute approximate surface area is 200 Å². The number of nitrogens with one attached hydrogen (secondary N) is 1. The molecule has 0 saturated carbocycles. The SMILES string of the molecule is Cc1ccc(OCc2csc(C(=O)Nc3cc(C)n(Cc4ccc(Br)cc4)n3)c2)c(C)c1. The summed E-state index contributed by atoms with van der Waals surface area (Å²) in [5, 5.41) is 9.41. The van der Waals surface area contributed by atoms with Crippen LogP contribution in [0.15, 0.2) is 64.5 Å². The van der Waals surface area contributed by atoms with Crippen LogP contribution in [0.25, 0.3) is 0 Å². The summed E-state index contributed by atoms with van der Waals surface area (Å²) >= 11 is 4.85. The van der Waals surface area contributed by atoms with E-state index >= 15 is 0 Å². The second kappa shape index (κ2) is 9.71. The molecule has 4 rings (SSSR count).